The van der Waals surface area contributed by atoms with Crippen molar-refractivity contribution in [2.75, 3.05) is 5.32 Å². The first kappa shape index (κ1) is 10.8. The van der Waals surface area contributed by atoms with Crippen molar-refractivity contribution < 1.29 is 9.18 Å². The van der Waals surface area contributed by atoms with E-state index < -0.39 is 11.6 Å². The zero-order chi connectivity index (χ0) is 10.8. The van der Waals surface area contributed by atoms with Crippen molar-refractivity contribution in [2.45, 2.75) is 19.5 Å². The molecule has 14 heavy (non-hydrogen) atoms. The summed E-state index contributed by atoms with van der Waals surface area (Å²) in [6.07, 6.45) is 0. The Morgan fingerprint density at radius 1 is 1.50 bits per heavy atom. The molecule has 1 N–H and O–H groups in total. The van der Waals surface area contributed by atoms with E-state index in [4.69, 9.17) is 11.6 Å². The van der Waals surface area contributed by atoms with Gasteiger partial charge in [0.05, 0.1) is 0 Å². The van der Waals surface area contributed by atoms with Crippen LogP contribution in [-0.4, -0.2) is 21.8 Å². The maximum absolute atomic E-state index is 13.1. The number of carbonyl (C=O) groups excluding carboxylic acids is 1. The number of alkyl halides is 1. The van der Waals surface area contributed by atoms with Crippen LogP contribution in [0.25, 0.3) is 0 Å². The van der Waals surface area contributed by atoms with Gasteiger partial charge in [0.15, 0.2) is 16.6 Å². The first-order valence-electron chi connectivity index (χ1n) is 3.89. The molecule has 1 rings (SSSR count). The van der Waals surface area contributed by atoms with E-state index in [2.05, 4.69) is 15.5 Å². The van der Waals surface area contributed by atoms with E-state index >= 15 is 0 Å². The van der Waals surface area contributed by atoms with E-state index in [0.717, 1.165) is 13.8 Å². The second kappa shape index (κ2) is 3.88. The molecule has 1 heterocycles. The smallest absolute Gasteiger partial charge is 0.262 e. The highest BCUT2D eigenvalue weighted by Crippen LogP contribution is 2.12. The topological polar surface area (TPSA) is 54.9 Å². The number of anilines is 1. The lowest BCUT2D eigenvalue weighted by atomic mass is 10.1. The first-order valence-corrected chi connectivity index (χ1v) is 4.27. The Morgan fingerprint density at radius 3 is 2.57 bits per heavy atom. The van der Waals surface area contributed by atoms with Gasteiger partial charge >= 0.3 is 0 Å². The third kappa shape index (κ3) is 2.92. The molecule has 0 saturated heterocycles. The highest BCUT2D eigenvalue weighted by Gasteiger charge is 2.26. The Kier molecular flexibility index (Phi) is 3.00. The van der Waals surface area contributed by atoms with Crippen LogP contribution in [0, 0.1) is 0 Å². The molecule has 0 atom stereocenters. The summed E-state index contributed by atoms with van der Waals surface area (Å²) in [7, 11) is 0. The maximum Gasteiger partial charge on any atom is 0.262 e. The van der Waals surface area contributed by atoms with Crippen molar-refractivity contribution in [1.29, 1.82) is 0 Å². The minimum atomic E-state index is -1.94. The fourth-order valence-corrected chi connectivity index (χ4v) is 0.748. The molecular weight excluding hydrogens is 209 g/mol. The molecule has 0 bridgehead atoms. The van der Waals surface area contributed by atoms with Crippen LogP contribution >= 0.6 is 11.6 Å². The van der Waals surface area contributed by atoms with Gasteiger partial charge in [-0.2, -0.15) is 0 Å². The fourth-order valence-electron chi connectivity index (χ4n) is 0.648. The number of nitrogens with one attached hydrogen (secondary N) is 1. The number of hydrogen-bond donors (Lipinski definition) is 1. The lowest BCUT2D eigenvalue weighted by Gasteiger charge is -2.12. The molecule has 0 aliphatic rings. The van der Waals surface area contributed by atoms with Crippen LogP contribution in [-0.2, 0) is 4.79 Å². The molecule has 0 aliphatic heterocycles. The number of aromatic nitrogens is 2. The first-order chi connectivity index (χ1) is 6.39. The molecule has 0 aliphatic carbocycles. The van der Waals surface area contributed by atoms with Gasteiger partial charge in [0, 0.05) is 0 Å². The summed E-state index contributed by atoms with van der Waals surface area (Å²) in [6.45, 7) is 2.32. The number of nitrogens with zero attached hydrogens (tertiary/aromatic N) is 2. The lowest BCUT2D eigenvalue weighted by Crippen LogP contribution is -2.32. The minimum Gasteiger partial charge on any atom is -0.306 e. The van der Waals surface area contributed by atoms with Gasteiger partial charge in [-0.1, -0.05) is 11.6 Å². The largest absolute Gasteiger partial charge is 0.306 e. The normalized spacial score (nSPS) is 11.1. The molecule has 1 aromatic rings. The van der Waals surface area contributed by atoms with E-state index in [1.54, 1.807) is 0 Å². The summed E-state index contributed by atoms with van der Waals surface area (Å²) in [5, 5.41) is 9.52. The molecule has 6 heteroatoms. The van der Waals surface area contributed by atoms with E-state index in [1.807, 2.05) is 0 Å². The van der Waals surface area contributed by atoms with Crippen molar-refractivity contribution in [3.05, 3.63) is 17.3 Å². The SMILES string of the molecule is CC(C)(F)C(=O)Nc1ccc(Cl)nn1. The van der Waals surface area contributed by atoms with Crippen LogP contribution in [0.3, 0.4) is 0 Å². The van der Waals surface area contributed by atoms with E-state index in [-0.39, 0.29) is 11.0 Å². The van der Waals surface area contributed by atoms with Crippen molar-refractivity contribution in [3.63, 3.8) is 0 Å². The van der Waals surface area contributed by atoms with Crippen LogP contribution in [0.5, 0.6) is 0 Å². The number of hydrogen-bond acceptors (Lipinski definition) is 3. The van der Waals surface area contributed by atoms with Gasteiger partial charge in [0.25, 0.3) is 5.91 Å². The van der Waals surface area contributed by atoms with Crippen LogP contribution in [0.1, 0.15) is 13.8 Å². The third-order valence-corrected chi connectivity index (χ3v) is 1.62. The van der Waals surface area contributed by atoms with Gasteiger partial charge < -0.3 is 5.32 Å². The summed E-state index contributed by atoms with van der Waals surface area (Å²) < 4.78 is 13.1. The van der Waals surface area contributed by atoms with Gasteiger partial charge in [-0.3, -0.25) is 4.79 Å². The molecule has 0 radical (unpaired) electrons. The van der Waals surface area contributed by atoms with E-state index in [9.17, 15) is 9.18 Å². The predicted molar refractivity (Wildman–Crippen MR) is 50.9 cm³/mol. The Labute approximate surface area is 85.5 Å². The molecule has 0 fully saturated rings. The second-order valence-electron chi connectivity index (χ2n) is 3.17. The van der Waals surface area contributed by atoms with E-state index in [0.29, 0.717) is 0 Å². The van der Waals surface area contributed by atoms with Gasteiger partial charge in [0.1, 0.15) is 0 Å². The molecule has 1 aromatic heterocycles. The Balaban J connectivity index is 2.71. The van der Waals surface area contributed by atoms with Gasteiger partial charge in [-0.05, 0) is 26.0 Å². The maximum atomic E-state index is 13.1. The number of halogens is 2. The van der Waals surface area contributed by atoms with Crippen LogP contribution in [0.2, 0.25) is 5.15 Å². The van der Waals surface area contributed by atoms with Crippen LogP contribution in [0.15, 0.2) is 12.1 Å². The highest BCUT2D eigenvalue weighted by atomic mass is 35.5. The molecule has 0 unspecified atom stereocenters. The number of carbonyl (C=O) groups is 1. The zero-order valence-corrected chi connectivity index (χ0v) is 8.47. The van der Waals surface area contributed by atoms with Gasteiger partial charge in [-0.25, -0.2) is 4.39 Å². The molecule has 4 nitrogen and oxygen atoms in total. The molecule has 1 amide bonds. The molecule has 0 spiro atoms. The summed E-state index contributed by atoms with van der Waals surface area (Å²) in [5.74, 6) is -0.598. The van der Waals surface area contributed by atoms with E-state index in [1.165, 1.54) is 12.1 Å². The molecule has 76 valence electrons. The Morgan fingerprint density at radius 2 is 2.14 bits per heavy atom. The summed E-state index contributed by atoms with van der Waals surface area (Å²) >= 11 is 5.48. The predicted octanol–water partition coefficient (Wildman–Crippen LogP) is 1.82. The number of amides is 1. The lowest BCUT2D eigenvalue weighted by molar-refractivity contribution is -0.125. The van der Waals surface area contributed by atoms with Crippen molar-refractivity contribution in [1.82, 2.24) is 10.2 Å². The molecule has 0 aromatic carbocycles. The zero-order valence-electron chi connectivity index (χ0n) is 7.71. The third-order valence-electron chi connectivity index (χ3n) is 1.41. The average molecular weight is 218 g/mol. The van der Waals surface area contributed by atoms with Gasteiger partial charge in [0.2, 0.25) is 0 Å². The van der Waals surface area contributed by atoms with Crippen molar-refractivity contribution in [3.8, 4) is 0 Å². The summed E-state index contributed by atoms with van der Waals surface area (Å²) in [4.78, 5) is 11.1. The quantitative estimate of drug-likeness (QED) is 0.822. The van der Waals surface area contributed by atoms with Gasteiger partial charge in [-0.15, -0.1) is 10.2 Å². The standard InChI is InChI=1S/C8H9ClFN3O/c1-8(2,10)7(14)11-6-4-3-5(9)12-13-6/h3-4H,1-2H3,(H,11,13,14). The minimum absolute atomic E-state index is 0.171. The monoisotopic (exact) mass is 217 g/mol. The van der Waals surface area contributed by atoms with Crippen LogP contribution < -0.4 is 5.32 Å². The average Bonchev–Trinajstić information content (AvgIpc) is 2.07. The summed E-state index contributed by atoms with van der Waals surface area (Å²) in [5.41, 5.74) is -1.94. The number of rotatable bonds is 2. The second-order valence-corrected chi connectivity index (χ2v) is 3.56. The van der Waals surface area contributed by atoms with Crippen LogP contribution in [0.4, 0.5) is 10.2 Å². The summed E-state index contributed by atoms with van der Waals surface area (Å²) in [6, 6.07) is 2.90. The molecule has 0 saturated carbocycles. The molecular formula is C8H9ClFN3O. The fraction of sp³-hybridized carbons (Fsp3) is 0.375. The highest BCUT2D eigenvalue weighted by molar-refractivity contribution is 6.29. The Hall–Kier alpha value is -1.23. The van der Waals surface area contributed by atoms with Crippen molar-refractivity contribution >= 4 is 23.3 Å². The van der Waals surface area contributed by atoms with Crippen molar-refractivity contribution in [2.24, 2.45) is 0 Å². The Bertz CT molecular complexity index is 333.